The molecule has 1 amide bonds. The van der Waals surface area contributed by atoms with Crippen LogP contribution in [0.2, 0.25) is 0 Å². The zero-order chi connectivity index (χ0) is 22.7. The molecule has 0 aromatic heterocycles. The van der Waals surface area contributed by atoms with Gasteiger partial charge < -0.3 is 19.4 Å². The van der Waals surface area contributed by atoms with Crippen LogP contribution in [-0.2, 0) is 14.3 Å². The molecule has 0 aliphatic carbocycles. The number of esters is 1. The van der Waals surface area contributed by atoms with E-state index in [0.717, 1.165) is 54.8 Å². The van der Waals surface area contributed by atoms with Gasteiger partial charge >= 0.3 is 5.97 Å². The van der Waals surface area contributed by atoms with Crippen LogP contribution >= 0.6 is 11.8 Å². The summed E-state index contributed by atoms with van der Waals surface area (Å²) >= 11 is 1.51. The van der Waals surface area contributed by atoms with Gasteiger partial charge in [0.2, 0.25) is 5.91 Å². The van der Waals surface area contributed by atoms with E-state index < -0.39 is 0 Å². The van der Waals surface area contributed by atoms with E-state index in [9.17, 15) is 9.59 Å². The van der Waals surface area contributed by atoms with Crippen LogP contribution in [0.3, 0.4) is 0 Å². The highest BCUT2D eigenvalue weighted by molar-refractivity contribution is 8.16. The highest BCUT2D eigenvalue weighted by Crippen LogP contribution is 2.45. The lowest BCUT2D eigenvalue weighted by atomic mass is 9.93. The number of rotatable bonds is 6. The predicted molar refractivity (Wildman–Crippen MR) is 127 cm³/mol. The Morgan fingerprint density at radius 1 is 1.12 bits per heavy atom. The number of carbonyl (C=O) groups excluding carboxylic acids is 2. The third-order valence-electron chi connectivity index (χ3n) is 6.25. The first-order valence-corrected chi connectivity index (χ1v) is 12.0. The summed E-state index contributed by atoms with van der Waals surface area (Å²) in [5.74, 6) is -0.262. The van der Waals surface area contributed by atoms with Crippen molar-refractivity contribution in [1.29, 1.82) is 0 Å². The van der Waals surface area contributed by atoms with Gasteiger partial charge in [-0.3, -0.25) is 4.79 Å². The molecule has 0 spiro atoms. The number of fused-ring (bicyclic) bond motifs is 1. The van der Waals surface area contributed by atoms with Crippen molar-refractivity contribution in [1.82, 2.24) is 14.7 Å². The van der Waals surface area contributed by atoms with Crippen LogP contribution in [0.5, 0.6) is 0 Å². The third-order valence-corrected chi connectivity index (χ3v) is 7.14. The molecule has 3 heterocycles. The number of allylic oxidation sites excluding steroid dienone is 1. The van der Waals surface area contributed by atoms with E-state index >= 15 is 0 Å². The molecular weight excluding hydrogens is 424 g/mol. The first-order valence-electron chi connectivity index (χ1n) is 11.2. The third kappa shape index (κ3) is 4.34. The number of hydrogen-bond donors (Lipinski definition) is 0. The van der Waals surface area contributed by atoms with Gasteiger partial charge in [-0.25, -0.2) is 9.79 Å². The number of amidine groups is 1. The van der Waals surface area contributed by atoms with Crippen LogP contribution in [-0.4, -0.2) is 71.6 Å². The van der Waals surface area contributed by atoms with E-state index in [-0.39, 0.29) is 24.3 Å². The lowest BCUT2D eigenvalue weighted by Gasteiger charge is -2.38. The maximum atomic E-state index is 13.1. The summed E-state index contributed by atoms with van der Waals surface area (Å²) in [6, 6.07) is 9.54. The predicted octanol–water partition coefficient (Wildman–Crippen LogP) is 3.38. The number of methoxy groups -OCH3 is 1. The molecule has 1 atom stereocenters. The Morgan fingerprint density at radius 2 is 1.84 bits per heavy atom. The number of carbonyl (C=O) groups is 2. The highest BCUT2D eigenvalue weighted by Gasteiger charge is 2.41. The van der Waals surface area contributed by atoms with Crippen molar-refractivity contribution in [2.45, 2.75) is 32.7 Å². The van der Waals surface area contributed by atoms with E-state index in [0.29, 0.717) is 12.0 Å². The van der Waals surface area contributed by atoms with E-state index in [2.05, 4.69) is 11.8 Å². The molecule has 0 saturated carbocycles. The minimum Gasteiger partial charge on any atom is -0.466 e. The molecule has 7 nitrogen and oxygen atoms in total. The number of piperazine rings is 1. The standard InChI is InChI=1S/C24H30N4O3S/c1-4-19-21(23(30)31-3)22(17-9-7-6-8-10-17)28-18(16-32-24(28)25-19)15-20(29)27-13-11-26(5-2)12-14-27/h6-10,16,22H,4-5,11-15H2,1-3H3. The molecule has 170 valence electrons. The van der Waals surface area contributed by atoms with Crippen molar-refractivity contribution in [2.24, 2.45) is 4.99 Å². The molecule has 1 saturated heterocycles. The molecule has 0 radical (unpaired) electrons. The summed E-state index contributed by atoms with van der Waals surface area (Å²) in [4.78, 5) is 37.1. The van der Waals surface area contributed by atoms with Crippen LogP contribution in [0, 0.1) is 0 Å². The molecular formula is C24H30N4O3S. The maximum Gasteiger partial charge on any atom is 0.338 e. The zero-order valence-electron chi connectivity index (χ0n) is 18.9. The summed E-state index contributed by atoms with van der Waals surface area (Å²) in [5.41, 5.74) is 3.13. The quantitative estimate of drug-likeness (QED) is 0.614. The summed E-state index contributed by atoms with van der Waals surface area (Å²) in [6.07, 6.45) is 0.916. The van der Waals surface area contributed by atoms with Gasteiger partial charge in [0.05, 0.1) is 30.8 Å². The monoisotopic (exact) mass is 454 g/mol. The van der Waals surface area contributed by atoms with Gasteiger partial charge in [0, 0.05) is 31.9 Å². The fourth-order valence-corrected chi connectivity index (χ4v) is 5.38. The van der Waals surface area contributed by atoms with Crippen molar-refractivity contribution >= 4 is 28.8 Å². The summed E-state index contributed by atoms with van der Waals surface area (Å²) in [5, 5.41) is 2.81. The van der Waals surface area contributed by atoms with Gasteiger partial charge in [0.1, 0.15) is 0 Å². The molecule has 8 heteroatoms. The van der Waals surface area contributed by atoms with E-state index in [1.54, 1.807) is 0 Å². The average Bonchev–Trinajstić information content (AvgIpc) is 3.24. The van der Waals surface area contributed by atoms with Gasteiger partial charge in [0.25, 0.3) is 0 Å². The number of nitrogens with zero attached hydrogens (tertiary/aromatic N) is 4. The largest absolute Gasteiger partial charge is 0.466 e. The number of amides is 1. The van der Waals surface area contributed by atoms with Crippen LogP contribution in [0.1, 0.15) is 38.3 Å². The van der Waals surface area contributed by atoms with Crippen molar-refractivity contribution < 1.29 is 14.3 Å². The van der Waals surface area contributed by atoms with Crippen molar-refractivity contribution in [2.75, 3.05) is 39.8 Å². The normalized spacial score (nSPS) is 21.3. The second-order valence-electron chi connectivity index (χ2n) is 8.00. The Hall–Kier alpha value is -2.58. The molecule has 3 aliphatic heterocycles. The Labute approximate surface area is 193 Å². The summed E-state index contributed by atoms with van der Waals surface area (Å²) in [6.45, 7) is 8.48. The Kier molecular flexibility index (Phi) is 7.01. The molecule has 1 aromatic rings. The molecule has 3 aliphatic rings. The maximum absolute atomic E-state index is 13.1. The number of ether oxygens (including phenoxy) is 1. The van der Waals surface area contributed by atoms with Gasteiger partial charge in [-0.15, -0.1) is 0 Å². The Balaban J connectivity index is 1.63. The minimum absolute atomic E-state index is 0.116. The van der Waals surface area contributed by atoms with Crippen LogP contribution in [0.25, 0.3) is 0 Å². The smallest absolute Gasteiger partial charge is 0.338 e. The topological polar surface area (TPSA) is 65.5 Å². The van der Waals surface area contributed by atoms with Gasteiger partial charge in [-0.1, -0.05) is 55.9 Å². The number of hydrogen-bond acceptors (Lipinski definition) is 7. The number of likely N-dealkylation sites (N-methyl/N-ethyl adjacent to an activating group) is 1. The fourth-order valence-electron chi connectivity index (χ4n) is 4.44. The zero-order valence-corrected chi connectivity index (χ0v) is 19.7. The Morgan fingerprint density at radius 3 is 2.47 bits per heavy atom. The van der Waals surface area contributed by atoms with Crippen LogP contribution in [0.4, 0.5) is 0 Å². The Bertz CT molecular complexity index is 965. The second kappa shape index (κ2) is 9.92. The van der Waals surface area contributed by atoms with Crippen molar-refractivity contribution in [3.63, 3.8) is 0 Å². The van der Waals surface area contributed by atoms with E-state index in [1.165, 1.54) is 18.9 Å². The van der Waals surface area contributed by atoms with Crippen molar-refractivity contribution in [3.8, 4) is 0 Å². The number of aliphatic imine (C=N–C) groups is 1. The first kappa shape index (κ1) is 22.6. The minimum atomic E-state index is -0.378. The number of benzene rings is 1. The SMILES string of the molecule is CCC1=C(C(=O)OC)C(c2ccccc2)N2C(CC(=O)N3CCN(CC)CC3)=CSC2=N1. The lowest BCUT2D eigenvalue weighted by Crippen LogP contribution is -2.49. The molecule has 32 heavy (non-hydrogen) atoms. The summed E-state index contributed by atoms with van der Waals surface area (Å²) < 4.78 is 5.16. The second-order valence-corrected chi connectivity index (χ2v) is 8.84. The van der Waals surface area contributed by atoms with Gasteiger partial charge in [-0.2, -0.15) is 0 Å². The van der Waals surface area contributed by atoms with Gasteiger partial charge in [-0.05, 0) is 23.9 Å². The molecule has 0 N–H and O–H groups in total. The lowest BCUT2D eigenvalue weighted by molar-refractivity contribution is -0.136. The van der Waals surface area contributed by atoms with E-state index in [1.807, 2.05) is 52.5 Å². The van der Waals surface area contributed by atoms with Crippen LogP contribution in [0.15, 0.2) is 57.7 Å². The molecule has 0 bridgehead atoms. The van der Waals surface area contributed by atoms with Crippen LogP contribution < -0.4 is 0 Å². The molecule has 1 unspecified atom stereocenters. The summed E-state index contributed by atoms with van der Waals surface area (Å²) in [7, 11) is 1.40. The van der Waals surface area contributed by atoms with E-state index in [4.69, 9.17) is 9.73 Å². The van der Waals surface area contributed by atoms with Crippen molar-refractivity contribution in [3.05, 3.63) is 58.3 Å². The molecule has 1 fully saturated rings. The number of thioether (sulfide) groups is 1. The van der Waals surface area contributed by atoms with Gasteiger partial charge in [0.15, 0.2) is 5.17 Å². The first-order chi connectivity index (χ1) is 15.6. The molecule has 1 aromatic carbocycles. The fraction of sp³-hybridized carbons (Fsp3) is 0.458. The molecule has 4 rings (SSSR count). The average molecular weight is 455 g/mol. The highest BCUT2D eigenvalue weighted by atomic mass is 32.2.